The molecule has 0 aliphatic heterocycles. The van der Waals surface area contributed by atoms with E-state index < -0.39 is 0 Å². The van der Waals surface area contributed by atoms with Crippen molar-refractivity contribution in [1.29, 1.82) is 0 Å². The van der Waals surface area contributed by atoms with Crippen molar-refractivity contribution in [3.8, 4) is 0 Å². The van der Waals surface area contributed by atoms with Crippen LogP contribution >= 0.6 is 11.6 Å². The molecule has 0 bridgehead atoms. The minimum Gasteiger partial charge on any atom is -0.307 e. The molecule has 0 saturated carbocycles. The van der Waals surface area contributed by atoms with Gasteiger partial charge in [-0.25, -0.2) is 4.68 Å². The van der Waals surface area contributed by atoms with Crippen LogP contribution in [0.3, 0.4) is 0 Å². The summed E-state index contributed by atoms with van der Waals surface area (Å²) < 4.78 is 1.82. The number of rotatable bonds is 6. The summed E-state index contributed by atoms with van der Waals surface area (Å²) in [6.07, 6.45) is 0. The molecule has 1 unspecified atom stereocenters. The van der Waals surface area contributed by atoms with E-state index in [4.69, 9.17) is 11.6 Å². The fraction of sp³-hybridized carbons (Fsp3) is 0.500. The Labute approximate surface area is 124 Å². The van der Waals surface area contributed by atoms with Gasteiger partial charge < -0.3 is 5.32 Å². The van der Waals surface area contributed by atoms with Gasteiger partial charge in [-0.15, -0.1) is 5.10 Å². The molecule has 2 rings (SSSR count). The molecule has 5 nitrogen and oxygen atoms in total. The van der Waals surface area contributed by atoms with Gasteiger partial charge in [0.1, 0.15) is 0 Å². The number of tetrazole rings is 1. The van der Waals surface area contributed by atoms with Gasteiger partial charge in [0.25, 0.3) is 0 Å². The minimum atomic E-state index is 0.125. The van der Waals surface area contributed by atoms with Crippen molar-refractivity contribution in [1.82, 2.24) is 25.5 Å². The van der Waals surface area contributed by atoms with Crippen molar-refractivity contribution in [3.63, 3.8) is 0 Å². The van der Waals surface area contributed by atoms with Crippen LogP contribution in [0.2, 0.25) is 5.02 Å². The van der Waals surface area contributed by atoms with Crippen LogP contribution in [0.1, 0.15) is 38.2 Å². The Kier molecular flexibility index (Phi) is 5.09. The van der Waals surface area contributed by atoms with E-state index in [1.54, 1.807) is 0 Å². The molecule has 20 heavy (non-hydrogen) atoms. The van der Waals surface area contributed by atoms with Crippen molar-refractivity contribution in [3.05, 3.63) is 40.7 Å². The first kappa shape index (κ1) is 14.9. The van der Waals surface area contributed by atoms with Gasteiger partial charge in [-0.2, -0.15) is 0 Å². The highest BCUT2D eigenvalue weighted by atomic mass is 35.5. The SMILES string of the molecule is CC(C)CNC(C)c1nnnn1Cc1ccc(Cl)cc1. The van der Waals surface area contributed by atoms with E-state index in [0.717, 1.165) is 23.0 Å². The van der Waals surface area contributed by atoms with Crippen LogP contribution in [-0.4, -0.2) is 26.8 Å². The Bertz CT molecular complexity index is 535. The van der Waals surface area contributed by atoms with E-state index in [9.17, 15) is 0 Å². The molecule has 0 aliphatic rings. The van der Waals surface area contributed by atoms with Crippen molar-refractivity contribution in [2.45, 2.75) is 33.4 Å². The third-order valence-electron chi connectivity index (χ3n) is 3.02. The lowest BCUT2D eigenvalue weighted by Crippen LogP contribution is -2.26. The lowest BCUT2D eigenvalue weighted by atomic mass is 10.2. The zero-order valence-electron chi connectivity index (χ0n) is 12.0. The Morgan fingerprint density at radius 3 is 2.55 bits per heavy atom. The summed E-state index contributed by atoms with van der Waals surface area (Å²) in [5.41, 5.74) is 1.12. The largest absolute Gasteiger partial charge is 0.307 e. The fourth-order valence-electron chi connectivity index (χ4n) is 1.90. The molecule has 0 radical (unpaired) electrons. The monoisotopic (exact) mass is 293 g/mol. The molecule has 1 aromatic carbocycles. The standard InChI is InChI=1S/C14H20ClN5/c1-10(2)8-16-11(3)14-17-18-19-20(14)9-12-4-6-13(15)7-5-12/h4-7,10-11,16H,8-9H2,1-3H3. The van der Waals surface area contributed by atoms with Crippen molar-refractivity contribution in [2.75, 3.05) is 6.54 Å². The number of nitrogens with one attached hydrogen (secondary N) is 1. The van der Waals surface area contributed by atoms with Crippen molar-refractivity contribution >= 4 is 11.6 Å². The zero-order chi connectivity index (χ0) is 14.5. The van der Waals surface area contributed by atoms with Crippen LogP contribution in [0.15, 0.2) is 24.3 Å². The highest BCUT2D eigenvalue weighted by Crippen LogP contribution is 2.13. The number of halogens is 1. The molecule has 2 aromatic rings. The quantitative estimate of drug-likeness (QED) is 0.890. The van der Waals surface area contributed by atoms with Crippen LogP contribution in [0.25, 0.3) is 0 Å². The number of benzene rings is 1. The van der Waals surface area contributed by atoms with E-state index in [2.05, 4.69) is 41.6 Å². The van der Waals surface area contributed by atoms with Crippen molar-refractivity contribution in [2.24, 2.45) is 5.92 Å². The molecule has 0 aliphatic carbocycles. The first-order valence-corrected chi connectivity index (χ1v) is 7.18. The van der Waals surface area contributed by atoms with Crippen LogP contribution in [0.4, 0.5) is 0 Å². The molecular weight excluding hydrogens is 274 g/mol. The maximum absolute atomic E-state index is 5.89. The smallest absolute Gasteiger partial charge is 0.168 e. The lowest BCUT2D eigenvalue weighted by Gasteiger charge is -2.15. The summed E-state index contributed by atoms with van der Waals surface area (Å²) in [6.45, 7) is 8.02. The summed E-state index contributed by atoms with van der Waals surface area (Å²) in [5, 5.41) is 16.1. The predicted molar refractivity (Wildman–Crippen MR) is 79.6 cm³/mol. The second kappa shape index (κ2) is 6.81. The third-order valence-corrected chi connectivity index (χ3v) is 3.28. The molecule has 0 spiro atoms. The van der Waals surface area contributed by atoms with E-state index in [0.29, 0.717) is 12.5 Å². The van der Waals surface area contributed by atoms with E-state index >= 15 is 0 Å². The number of aromatic nitrogens is 4. The first-order valence-electron chi connectivity index (χ1n) is 6.80. The van der Waals surface area contributed by atoms with Gasteiger partial charge in [0.05, 0.1) is 12.6 Å². The second-order valence-electron chi connectivity index (χ2n) is 5.34. The zero-order valence-corrected chi connectivity index (χ0v) is 12.8. The Balaban J connectivity index is 2.06. The van der Waals surface area contributed by atoms with Crippen LogP contribution in [-0.2, 0) is 6.54 Å². The highest BCUT2D eigenvalue weighted by molar-refractivity contribution is 6.30. The average molecular weight is 294 g/mol. The molecule has 1 N–H and O–H groups in total. The van der Waals surface area contributed by atoms with Gasteiger partial charge in [-0.1, -0.05) is 37.6 Å². The van der Waals surface area contributed by atoms with Gasteiger partial charge in [0.15, 0.2) is 5.82 Å². The summed E-state index contributed by atoms with van der Waals surface area (Å²) >= 11 is 5.89. The predicted octanol–water partition coefficient (Wildman–Crippen LogP) is 2.68. The van der Waals surface area contributed by atoms with Gasteiger partial charge in [0, 0.05) is 5.02 Å². The first-order chi connectivity index (χ1) is 9.56. The molecule has 0 saturated heterocycles. The molecule has 0 amide bonds. The molecular formula is C14H20ClN5. The third kappa shape index (κ3) is 4.02. The second-order valence-corrected chi connectivity index (χ2v) is 5.78. The van der Waals surface area contributed by atoms with E-state index in [1.165, 1.54) is 0 Å². The van der Waals surface area contributed by atoms with Crippen molar-refractivity contribution < 1.29 is 0 Å². The Morgan fingerprint density at radius 2 is 1.90 bits per heavy atom. The number of nitrogens with zero attached hydrogens (tertiary/aromatic N) is 4. The van der Waals surface area contributed by atoms with Crippen LogP contribution < -0.4 is 5.32 Å². The van der Waals surface area contributed by atoms with Gasteiger partial charge >= 0.3 is 0 Å². The maximum Gasteiger partial charge on any atom is 0.168 e. The number of hydrogen-bond donors (Lipinski definition) is 1. The Hall–Kier alpha value is -1.46. The molecule has 6 heteroatoms. The van der Waals surface area contributed by atoms with Gasteiger partial charge in [-0.3, -0.25) is 0 Å². The summed E-state index contributed by atoms with van der Waals surface area (Å²) in [6, 6.07) is 7.85. The van der Waals surface area contributed by atoms with Crippen LogP contribution in [0, 0.1) is 5.92 Å². The fourth-order valence-corrected chi connectivity index (χ4v) is 2.03. The lowest BCUT2D eigenvalue weighted by molar-refractivity contribution is 0.461. The normalized spacial score (nSPS) is 12.8. The van der Waals surface area contributed by atoms with E-state index in [1.807, 2.05) is 28.9 Å². The van der Waals surface area contributed by atoms with E-state index in [-0.39, 0.29) is 6.04 Å². The summed E-state index contributed by atoms with van der Waals surface area (Å²) in [4.78, 5) is 0. The summed E-state index contributed by atoms with van der Waals surface area (Å²) in [7, 11) is 0. The highest BCUT2D eigenvalue weighted by Gasteiger charge is 2.14. The average Bonchev–Trinajstić information content (AvgIpc) is 2.87. The number of hydrogen-bond acceptors (Lipinski definition) is 4. The maximum atomic E-state index is 5.89. The Morgan fingerprint density at radius 1 is 1.20 bits per heavy atom. The minimum absolute atomic E-state index is 0.125. The van der Waals surface area contributed by atoms with Gasteiger partial charge in [-0.05, 0) is 47.5 Å². The van der Waals surface area contributed by atoms with Crippen LogP contribution in [0.5, 0.6) is 0 Å². The molecule has 1 aromatic heterocycles. The molecule has 108 valence electrons. The topological polar surface area (TPSA) is 55.6 Å². The van der Waals surface area contributed by atoms with Gasteiger partial charge in [0.2, 0.25) is 0 Å². The molecule has 1 heterocycles. The molecule has 1 atom stereocenters. The molecule has 0 fully saturated rings. The summed E-state index contributed by atoms with van der Waals surface area (Å²) in [5.74, 6) is 1.44.